The minimum atomic E-state index is 0.712. The van der Waals surface area contributed by atoms with Crippen LogP contribution in [0.25, 0.3) is 5.82 Å². The van der Waals surface area contributed by atoms with Crippen LogP contribution in [0.4, 0.5) is 0 Å². The Morgan fingerprint density at radius 3 is 2.74 bits per heavy atom. The zero-order valence-electron chi connectivity index (χ0n) is 11.6. The monoisotopic (exact) mass is 257 g/mol. The Bertz CT molecular complexity index is 598. The molecular formula is C14H19N5. The van der Waals surface area contributed by atoms with Crippen molar-refractivity contribution < 1.29 is 0 Å². The molecule has 2 aromatic heterocycles. The Balaban J connectivity index is 1.91. The maximum Gasteiger partial charge on any atom is 0.157 e. The molecule has 5 heteroatoms. The summed E-state index contributed by atoms with van der Waals surface area (Å²) in [5, 5.41) is 8.15. The SMILES string of the molecule is Cc1cc(-n2nc(C)c(CNC3CC3)c2C)ncn1. The Kier molecular flexibility index (Phi) is 3.06. The first-order valence-corrected chi connectivity index (χ1v) is 6.72. The molecule has 3 rings (SSSR count). The predicted molar refractivity (Wildman–Crippen MR) is 73.2 cm³/mol. The zero-order chi connectivity index (χ0) is 13.4. The maximum absolute atomic E-state index is 4.61. The van der Waals surface area contributed by atoms with Gasteiger partial charge in [0, 0.05) is 35.6 Å². The van der Waals surface area contributed by atoms with E-state index in [-0.39, 0.29) is 0 Å². The number of hydrogen-bond acceptors (Lipinski definition) is 4. The molecule has 0 spiro atoms. The summed E-state index contributed by atoms with van der Waals surface area (Å²) < 4.78 is 1.91. The van der Waals surface area contributed by atoms with E-state index in [1.807, 2.05) is 17.7 Å². The average Bonchev–Trinajstić information content (AvgIpc) is 3.15. The third-order valence-electron chi connectivity index (χ3n) is 3.59. The van der Waals surface area contributed by atoms with E-state index in [2.05, 4.69) is 34.2 Å². The first-order chi connectivity index (χ1) is 9.15. The van der Waals surface area contributed by atoms with Crippen molar-refractivity contribution in [2.24, 2.45) is 0 Å². The van der Waals surface area contributed by atoms with Gasteiger partial charge in [0.05, 0.1) is 5.69 Å². The molecule has 1 aliphatic carbocycles. The molecule has 100 valence electrons. The van der Waals surface area contributed by atoms with Crippen LogP contribution in [0.2, 0.25) is 0 Å². The topological polar surface area (TPSA) is 55.6 Å². The third kappa shape index (κ3) is 2.51. The second-order valence-corrected chi connectivity index (χ2v) is 5.23. The van der Waals surface area contributed by atoms with Crippen molar-refractivity contribution in [1.29, 1.82) is 0 Å². The van der Waals surface area contributed by atoms with E-state index < -0.39 is 0 Å². The van der Waals surface area contributed by atoms with Gasteiger partial charge in [-0.25, -0.2) is 14.6 Å². The summed E-state index contributed by atoms with van der Waals surface area (Å²) in [7, 11) is 0. The highest BCUT2D eigenvalue weighted by atomic mass is 15.3. The Labute approximate surface area is 113 Å². The van der Waals surface area contributed by atoms with Crippen molar-refractivity contribution in [3.05, 3.63) is 35.0 Å². The first-order valence-electron chi connectivity index (χ1n) is 6.72. The smallest absolute Gasteiger partial charge is 0.157 e. The lowest BCUT2D eigenvalue weighted by atomic mass is 10.2. The van der Waals surface area contributed by atoms with Crippen LogP contribution in [0.3, 0.4) is 0 Å². The van der Waals surface area contributed by atoms with Crippen molar-refractivity contribution in [3.8, 4) is 5.82 Å². The lowest BCUT2D eigenvalue weighted by molar-refractivity contribution is 0.681. The largest absolute Gasteiger partial charge is 0.310 e. The molecule has 1 saturated carbocycles. The van der Waals surface area contributed by atoms with Gasteiger partial charge in [-0.05, 0) is 33.6 Å². The molecule has 5 nitrogen and oxygen atoms in total. The van der Waals surface area contributed by atoms with Crippen LogP contribution in [-0.2, 0) is 6.54 Å². The van der Waals surface area contributed by atoms with Crippen molar-refractivity contribution in [2.45, 2.75) is 46.2 Å². The van der Waals surface area contributed by atoms with Crippen molar-refractivity contribution in [1.82, 2.24) is 25.1 Å². The number of aryl methyl sites for hydroxylation is 2. The quantitative estimate of drug-likeness (QED) is 0.908. The Morgan fingerprint density at radius 2 is 2.05 bits per heavy atom. The Hall–Kier alpha value is -1.75. The average molecular weight is 257 g/mol. The van der Waals surface area contributed by atoms with Gasteiger partial charge in [-0.3, -0.25) is 0 Å². The molecule has 0 unspecified atom stereocenters. The van der Waals surface area contributed by atoms with Gasteiger partial charge in [0.15, 0.2) is 5.82 Å². The highest BCUT2D eigenvalue weighted by Gasteiger charge is 2.22. The first kappa shape index (κ1) is 12.3. The van der Waals surface area contributed by atoms with Gasteiger partial charge in [0.25, 0.3) is 0 Å². The highest BCUT2D eigenvalue weighted by Crippen LogP contribution is 2.21. The van der Waals surface area contributed by atoms with Crippen LogP contribution in [0.1, 0.15) is 35.5 Å². The van der Waals surface area contributed by atoms with E-state index in [4.69, 9.17) is 0 Å². The molecule has 0 saturated heterocycles. The van der Waals surface area contributed by atoms with Crippen LogP contribution in [-0.4, -0.2) is 25.8 Å². The summed E-state index contributed by atoms with van der Waals surface area (Å²) in [4.78, 5) is 8.43. The van der Waals surface area contributed by atoms with Gasteiger partial charge >= 0.3 is 0 Å². The molecule has 0 aromatic carbocycles. The number of rotatable bonds is 4. The van der Waals surface area contributed by atoms with Crippen LogP contribution in [0.15, 0.2) is 12.4 Å². The van der Waals surface area contributed by atoms with Gasteiger partial charge in [0.2, 0.25) is 0 Å². The zero-order valence-corrected chi connectivity index (χ0v) is 11.6. The van der Waals surface area contributed by atoms with Crippen LogP contribution < -0.4 is 5.32 Å². The van der Waals surface area contributed by atoms with Crippen molar-refractivity contribution in [3.63, 3.8) is 0 Å². The summed E-state index contributed by atoms with van der Waals surface area (Å²) in [5.74, 6) is 0.839. The lowest BCUT2D eigenvalue weighted by Crippen LogP contribution is -2.16. The van der Waals surface area contributed by atoms with Gasteiger partial charge in [-0.15, -0.1) is 0 Å². The number of nitrogens with one attached hydrogen (secondary N) is 1. The second-order valence-electron chi connectivity index (χ2n) is 5.23. The second kappa shape index (κ2) is 4.74. The van der Waals surface area contributed by atoms with Crippen LogP contribution in [0.5, 0.6) is 0 Å². The minimum Gasteiger partial charge on any atom is -0.310 e. The molecule has 1 N–H and O–H groups in total. The van der Waals surface area contributed by atoms with Gasteiger partial charge in [-0.2, -0.15) is 5.10 Å². The summed E-state index contributed by atoms with van der Waals surface area (Å²) in [5.41, 5.74) is 4.46. The van der Waals surface area contributed by atoms with Crippen molar-refractivity contribution >= 4 is 0 Å². The molecule has 0 radical (unpaired) electrons. The highest BCUT2D eigenvalue weighted by molar-refractivity contribution is 5.32. The molecule has 2 aromatic rings. The molecule has 0 atom stereocenters. The molecule has 19 heavy (non-hydrogen) atoms. The van der Waals surface area contributed by atoms with Crippen molar-refractivity contribution in [2.75, 3.05) is 0 Å². The molecular weight excluding hydrogens is 238 g/mol. The predicted octanol–water partition coefficient (Wildman–Crippen LogP) is 1.84. The van der Waals surface area contributed by atoms with Gasteiger partial charge in [-0.1, -0.05) is 0 Å². The maximum atomic E-state index is 4.61. The van der Waals surface area contributed by atoms with E-state index in [1.54, 1.807) is 6.33 Å². The lowest BCUT2D eigenvalue weighted by Gasteiger charge is -2.05. The Morgan fingerprint density at radius 1 is 1.26 bits per heavy atom. The third-order valence-corrected chi connectivity index (χ3v) is 3.59. The van der Waals surface area contributed by atoms with E-state index in [9.17, 15) is 0 Å². The van der Waals surface area contributed by atoms with E-state index in [0.717, 1.165) is 29.4 Å². The number of hydrogen-bond donors (Lipinski definition) is 1. The summed E-state index contributed by atoms with van der Waals surface area (Å²) in [6.45, 7) is 7.02. The van der Waals surface area contributed by atoms with E-state index in [1.165, 1.54) is 18.4 Å². The fourth-order valence-corrected chi connectivity index (χ4v) is 2.24. The summed E-state index contributed by atoms with van der Waals surface area (Å²) >= 11 is 0. The van der Waals surface area contributed by atoms with Gasteiger partial charge < -0.3 is 5.32 Å². The standard InChI is InChI=1S/C14H19N5/c1-9-6-14(17-8-16-9)19-11(3)13(10(2)18-19)7-15-12-4-5-12/h6,8,12,15H,4-5,7H2,1-3H3. The number of nitrogens with zero attached hydrogens (tertiary/aromatic N) is 4. The molecule has 0 aliphatic heterocycles. The normalized spacial score (nSPS) is 14.9. The van der Waals surface area contributed by atoms with Gasteiger partial charge in [0.1, 0.15) is 6.33 Å². The summed E-state index contributed by atoms with van der Waals surface area (Å²) in [6, 6.07) is 2.67. The molecule has 1 fully saturated rings. The molecule has 0 bridgehead atoms. The fourth-order valence-electron chi connectivity index (χ4n) is 2.24. The van der Waals surface area contributed by atoms with Crippen LogP contribution >= 0.6 is 0 Å². The number of aromatic nitrogens is 4. The van der Waals surface area contributed by atoms with E-state index >= 15 is 0 Å². The minimum absolute atomic E-state index is 0.712. The molecule has 0 amide bonds. The fraction of sp³-hybridized carbons (Fsp3) is 0.500. The molecule has 1 aliphatic rings. The summed E-state index contributed by atoms with van der Waals surface area (Å²) in [6.07, 6.45) is 4.19. The molecule has 2 heterocycles. The van der Waals surface area contributed by atoms with E-state index in [0.29, 0.717) is 6.04 Å². The van der Waals surface area contributed by atoms with Crippen LogP contribution in [0, 0.1) is 20.8 Å².